The van der Waals surface area contributed by atoms with Gasteiger partial charge in [0.25, 0.3) is 0 Å². The van der Waals surface area contributed by atoms with Crippen LogP contribution in [-0.2, 0) is 4.79 Å². The summed E-state index contributed by atoms with van der Waals surface area (Å²) in [5, 5.41) is 13.0. The molecule has 0 aromatic rings. The Balaban J connectivity index is 1.98. The van der Waals surface area contributed by atoms with Crippen molar-refractivity contribution in [1.82, 2.24) is 5.32 Å². The third-order valence-corrected chi connectivity index (χ3v) is 4.36. The molecule has 0 radical (unpaired) electrons. The summed E-state index contributed by atoms with van der Waals surface area (Å²) < 4.78 is 0. The van der Waals surface area contributed by atoms with Crippen molar-refractivity contribution in [3.8, 4) is 0 Å². The van der Waals surface area contributed by atoms with E-state index in [2.05, 4.69) is 12.2 Å². The number of nitrogens with one attached hydrogen (secondary N) is 1. The number of carbonyl (C=O) groups is 1. The standard InChI is InChI=1S/C14H25NO2/c1-2-4-11-5-3-9-14(10-8-11,13(16)17)15-12-6-7-12/h11-12,15H,2-10H2,1H3,(H,16,17). The molecule has 0 aromatic carbocycles. The molecule has 2 aliphatic rings. The lowest BCUT2D eigenvalue weighted by atomic mass is 9.89. The Kier molecular flexibility index (Phi) is 4.08. The van der Waals surface area contributed by atoms with Crippen LogP contribution in [0.3, 0.4) is 0 Å². The minimum atomic E-state index is -0.624. The number of hydrogen-bond donors (Lipinski definition) is 2. The minimum Gasteiger partial charge on any atom is -0.480 e. The van der Waals surface area contributed by atoms with Crippen LogP contribution in [0.25, 0.3) is 0 Å². The molecule has 0 aromatic heterocycles. The normalized spacial score (nSPS) is 34.3. The van der Waals surface area contributed by atoms with Gasteiger partial charge in [-0.05, 0) is 38.0 Å². The van der Waals surface area contributed by atoms with Crippen molar-refractivity contribution in [2.45, 2.75) is 76.3 Å². The molecule has 3 heteroatoms. The van der Waals surface area contributed by atoms with Gasteiger partial charge in [0.2, 0.25) is 0 Å². The summed E-state index contributed by atoms with van der Waals surface area (Å²) in [4.78, 5) is 11.6. The molecule has 2 aliphatic carbocycles. The number of carboxylic acids is 1. The van der Waals surface area contributed by atoms with Crippen molar-refractivity contribution >= 4 is 5.97 Å². The molecule has 0 spiro atoms. The van der Waals surface area contributed by atoms with E-state index in [1.165, 1.54) is 19.3 Å². The maximum atomic E-state index is 11.6. The van der Waals surface area contributed by atoms with Gasteiger partial charge in [0.15, 0.2) is 0 Å². The summed E-state index contributed by atoms with van der Waals surface area (Å²) in [6.07, 6.45) is 9.81. The van der Waals surface area contributed by atoms with Crippen LogP contribution in [0.5, 0.6) is 0 Å². The summed E-state index contributed by atoms with van der Waals surface area (Å²) in [7, 11) is 0. The van der Waals surface area contributed by atoms with Crippen molar-refractivity contribution < 1.29 is 9.90 Å². The van der Waals surface area contributed by atoms with Crippen molar-refractivity contribution in [2.24, 2.45) is 5.92 Å². The van der Waals surface area contributed by atoms with E-state index >= 15 is 0 Å². The molecule has 2 rings (SSSR count). The average molecular weight is 239 g/mol. The molecule has 2 saturated carbocycles. The van der Waals surface area contributed by atoms with Gasteiger partial charge in [-0.2, -0.15) is 0 Å². The number of rotatable bonds is 5. The van der Waals surface area contributed by atoms with Crippen LogP contribution in [0, 0.1) is 5.92 Å². The van der Waals surface area contributed by atoms with E-state index in [0.29, 0.717) is 6.04 Å². The minimum absolute atomic E-state index is 0.480. The molecule has 2 atom stereocenters. The fraction of sp³-hybridized carbons (Fsp3) is 0.929. The first-order valence-electron chi connectivity index (χ1n) is 7.17. The molecule has 2 N–H and O–H groups in total. The summed E-state index contributed by atoms with van der Waals surface area (Å²) in [6.45, 7) is 2.22. The fourth-order valence-corrected chi connectivity index (χ4v) is 3.15. The molecule has 0 saturated heterocycles. The SMILES string of the molecule is CCCC1CCCC(NC2CC2)(C(=O)O)CC1. The van der Waals surface area contributed by atoms with Gasteiger partial charge in [-0.3, -0.25) is 10.1 Å². The monoisotopic (exact) mass is 239 g/mol. The van der Waals surface area contributed by atoms with Gasteiger partial charge in [-0.1, -0.05) is 32.6 Å². The molecule has 17 heavy (non-hydrogen) atoms. The quantitative estimate of drug-likeness (QED) is 0.725. The molecular formula is C14H25NO2. The van der Waals surface area contributed by atoms with Gasteiger partial charge in [-0.25, -0.2) is 0 Å². The zero-order valence-corrected chi connectivity index (χ0v) is 10.9. The Morgan fingerprint density at radius 3 is 2.65 bits per heavy atom. The second-order valence-corrected chi connectivity index (χ2v) is 5.89. The van der Waals surface area contributed by atoms with E-state index in [-0.39, 0.29) is 0 Å². The van der Waals surface area contributed by atoms with Crippen LogP contribution in [0.2, 0.25) is 0 Å². The maximum Gasteiger partial charge on any atom is 0.323 e. The van der Waals surface area contributed by atoms with Gasteiger partial charge < -0.3 is 5.11 Å². The number of hydrogen-bond acceptors (Lipinski definition) is 2. The lowest BCUT2D eigenvalue weighted by Gasteiger charge is -2.29. The third-order valence-electron chi connectivity index (χ3n) is 4.36. The highest BCUT2D eigenvalue weighted by Crippen LogP contribution is 2.35. The predicted molar refractivity (Wildman–Crippen MR) is 68.0 cm³/mol. The first-order chi connectivity index (χ1) is 8.16. The average Bonchev–Trinajstić information content (AvgIpc) is 3.09. The van der Waals surface area contributed by atoms with Crippen molar-refractivity contribution in [3.05, 3.63) is 0 Å². The van der Waals surface area contributed by atoms with E-state index in [1.807, 2.05) is 0 Å². The highest BCUT2D eigenvalue weighted by molar-refractivity contribution is 5.79. The topological polar surface area (TPSA) is 49.3 Å². The van der Waals surface area contributed by atoms with Gasteiger partial charge in [0, 0.05) is 6.04 Å². The smallest absolute Gasteiger partial charge is 0.323 e. The Hall–Kier alpha value is -0.570. The van der Waals surface area contributed by atoms with Gasteiger partial charge in [0.1, 0.15) is 5.54 Å². The van der Waals surface area contributed by atoms with E-state index < -0.39 is 11.5 Å². The molecule has 0 bridgehead atoms. The summed E-state index contributed by atoms with van der Waals surface area (Å²) in [5.74, 6) is 0.128. The first-order valence-corrected chi connectivity index (χ1v) is 7.17. The molecule has 98 valence electrons. The maximum absolute atomic E-state index is 11.6. The van der Waals surface area contributed by atoms with E-state index in [9.17, 15) is 9.90 Å². The molecule has 0 amide bonds. The number of aliphatic carboxylic acids is 1. The molecule has 2 unspecified atom stereocenters. The van der Waals surface area contributed by atoms with Crippen LogP contribution >= 0.6 is 0 Å². The highest BCUT2D eigenvalue weighted by atomic mass is 16.4. The van der Waals surface area contributed by atoms with Gasteiger partial charge >= 0.3 is 5.97 Å². The summed E-state index contributed by atoms with van der Waals surface area (Å²) >= 11 is 0. The fourth-order valence-electron chi connectivity index (χ4n) is 3.15. The van der Waals surface area contributed by atoms with Gasteiger partial charge in [0.05, 0.1) is 0 Å². The van der Waals surface area contributed by atoms with Crippen molar-refractivity contribution in [3.63, 3.8) is 0 Å². The van der Waals surface area contributed by atoms with Crippen molar-refractivity contribution in [2.75, 3.05) is 0 Å². The van der Waals surface area contributed by atoms with E-state index in [4.69, 9.17) is 0 Å². The van der Waals surface area contributed by atoms with Crippen LogP contribution in [0.4, 0.5) is 0 Å². The molecule has 3 nitrogen and oxygen atoms in total. The van der Waals surface area contributed by atoms with E-state index in [1.54, 1.807) is 0 Å². The Labute approximate surface area is 104 Å². The van der Waals surface area contributed by atoms with E-state index in [0.717, 1.165) is 44.4 Å². The Morgan fingerprint density at radius 2 is 2.06 bits per heavy atom. The molecule has 2 fully saturated rings. The lowest BCUT2D eigenvalue weighted by Crippen LogP contribution is -2.52. The first kappa shape index (κ1) is 12.9. The number of carboxylic acid groups (broad SMARTS) is 1. The summed E-state index contributed by atoms with van der Waals surface area (Å²) in [6, 6.07) is 0.480. The largest absolute Gasteiger partial charge is 0.480 e. The molecular weight excluding hydrogens is 214 g/mol. The van der Waals surface area contributed by atoms with Crippen LogP contribution in [0.1, 0.15) is 64.7 Å². The zero-order chi connectivity index (χ0) is 12.3. The Bertz CT molecular complexity index is 275. The third kappa shape index (κ3) is 3.21. The predicted octanol–water partition coefficient (Wildman–Crippen LogP) is 2.94. The molecule has 0 heterocycles. The summed E-state index contributed by atoms with van der Waals surface area (Å²) in [5.41, 5.74) is -0.607. The zero-order valence-electron chi connectivity index (χ0n) is 10.9. The van der Waals surface area contributed by atoms with Gasteiger partial charge in [-0.15, -0.1) is 0 Å². The highest BCUT2D eigenvalue weighted by Gasteiger charge is 2.43. The molecule has 0 aliphatic heterocycles. The second-order valence-electron chi connectivity index (χ2n) is 5.89. The van der Waals surface area contributed by atoms with Crippen LogP contribution < -0.4 is 5.32 Å². The van der Waals surface area contributed by atoms with Crippen LogP contribution in [0.15, 0.2) is 0 Å². The Morgan fingerprint density at radius 1 is 1.29 bits per heavy atom. The van der Waals surface area contributed by atoms with Crippen molar-refractivity contribution in [1.29, 1.82) is 0 Å². The van der Waals surface area contributed by atoms with Crippen LogP contribution in [-0.4, -0.2) is 22.7 Å². The second kappa shape index (κ2) is 5.38. The lowest BCUT2D eigenvalue weighted by molar-refractivity contribution is -0.145.